The van der Waals surface area contributed by atoms with E-state index in [1.807, 2.05) is 0 Å². The minimum atomic E-state index is -0.379. The average Bonchev–Trinajstić information content (AvgIpc) is 3.20. The third-order valence-corrected chi connectivity index (χ3v) is 5.07. The summed E-state index contributed by atoms with van der Waals surface area (Å²) in [4.78, 5) is 4.56. The highest BCUT2D eigenvalue weighted by atomic mass is 35.5. The van der Waals surface area contributed by atoms with E-state index in [1.165, 1.54) is 11.3 Å². The third kappa shape index (κ3) is 4.23. The normalized spacial score (nSPS) is 16.4. The predicted octanol–water partition coefficient (Wildman–Crippen LogP) is 3.47. The van der Waals surface area contributed by atoms with Crippen LogP contribution in [0, 0.1) is 19.8 Å². The number of aryl methyl sites for hydroxylation is 2. The van der Waals surface area contributed by atoms with Gasteiger partial charge in [0.05, 0.1) is 11.2 Å². The van der Waals surface area contributed by atoms with Gasteiger partial charge in [0.15, 0.2) is 5.82 Å². The Bertz CT molecular complexity index is 700. The zero-order chi connectivity index (χ0) is 17.3. The molecule has 0 aliphatic heterocycles. The van der Waals surface area contributed by atoms with Gasteiger partial charge in [0.2, 0.25) is 5.89 Å². The molecular formula is C18H30ClN5O. The summed E-state index contributed by atoms with van der Waals surface area (Å²) in [7, 11) is 0. The van der Waals surface area contributed by atoms with Crippen LogP contribution >= 0.6 is 12.4 Å². The molecule has 3 rings (SSSR count). The van der Waals surface area contributed by atoms with Gasteiger partial charge < -0.3 is 10.3 Å². The molecule has 0 bridgehead atoms. The molecule has 140 valence electrons. The van der Waals surface area contributed by atoms with Crippen molar-refractivity contribution in [2.24, 2.45) is 11.7 Å². The molecule has 0 saturated heterocycles. The lowest BCUT2D eigenvalue weighted by molar-refractivity contribution is 0.348. The van der Waals surface area contributed by atoms with Gasteiger partial charge in [-0.1, -0.05) is 31.8 Å². The average molecular weight is 368 g/mol. The van der Waals surface area contributed by atoms with Crippen LogP contribution in [0.15, 0.2) is 4.52 Å². The smallest absolute Gasteiger partial charge is 0.227 e. The quantitative estimate of drug-likeness (QED) is 0.845. The topological polar surface area (TPSA) is 82.8 Å². The summed E-state index contributed by atoms with van der Waals surface area (Å²) in [5, 5.41) is 8.81. The molecule has 2 N–H and O–H groups in total. The lowest BCUT2D eigenvalue weighted by Gasteiger charge is -2.17. The van der Waals surface area contributed by atoms with Gasteiger partial charge in [-0.15, -0.1) is 12.4 Å². The van der Waals surface area contributed by atoms with Gasteiger partial charge in [0.1, 0.15) is 0 Å². The zero-order valence-electron chi connectivity index (χ0n) is 15.7. The first-order valence-corrected chi connectivity index (χ1v) is 9.04. The summed E-state index contributed by atoms with van der Waals surface area (Å²) in [6.45, 7) is 9.59. The fourth-order valence-corrected chi connectivity index (χ4v) is 3.64. The fourth-order valence-electron chi connectivity index (χ4n) is 3.64. The Morgan fingerprint density at radius 3 is 2.52 bits per heavy atom. The first-order chi connectivity index (χ1) is 11.4. The highest BCUT2D eigenvalue weighted by Crippen LogP contribution is 2.34. The molecule has 2 aromatic rings. The standard InChI is InChI=1S/C18H29N5O.ClH/c1-12(2)11-23-14(4)15(13(3)21-23)7-8-16-20-17(22-24-16)18(19)9-5-6-10-18;/h12H,5-11,19H2,1-4H3;1H. The Balaban J connectivity index is 0.00000225. The summed E-state index contributed by atoms with van der Waals surface area (Å²) in [5.41, 5.74) is 9.65. The molecule has 0 spiro atoms. The largest absolute Gasteiger partial charge is 0.339 e. The van der Waals surface area contributed by atoms with Crippen LogP contribution < -0.4 is 5.73 Å². The molecule has 2 heterocycles. The number of rotatable bonds is 6. The van der Waals surface area contributed by atoms with Crippen LogP contribution in [0.1, 0.15) is 68.2 Å². The summed E-state index contributed by atoms with van der Waals surface area (Å²) >= 11 is 0. The van der Waals surface area contributed by atoms with Crippen molar-refractivity contribution < 1.29 is 4.52 Å². The van der Waals surface area contributed by atoms with Gasteiger partial charge in [0.25, 0.3) is 0 Å². The number of nitrogens with two attached hydrogens (primary N) is 1. The molecule has 0 unspecified atom stereocenters. The second kappa shape index (κ2) is 7.87. The number of halogens is 1. The molecule has 7 heteroatoms. The Hall–Kier alpha value is -1.40. The monoisotopic (exact) mass is 367 g/mol. The molecular weight excluding hydrogens is 338 g/mol. The van der Waals surface area contributed by atoms with Crippen LogP contribution in [-0.4, -0.2) is 19.9 Å². The van der Waals surface area contributed by atoms with E-state index in [2.05, 4.69) is 47.6 Å². The van der Waals surface area contributed by atoms with Crippen molar-refractivity contribution in [3.05, 3.63) is 28.7 Å². The van der Waals surface area contributed by atoms with Crippen molar-refractivity contribution >= 4 is 12.4 Å². The molecule has 6 nitrogen and oxygen atoms in total. The Kier molecular flexibility index (Phi) is 6.27. The molecule has 0 radical (unpaired) electrons. The van der Waals surface area contributed by atoms with Gasteiger partial charge in [0, 0.05) is 18.7 Å². The van der Waals surface area contributed by atoms with Crippen LogP contribution in [0.3, 0.4) is 0 Å². The maximum Gasteiger partial charge on any atom is 0.227 e. The molecule has 0 aromatic carbocycles. The molecule has 0 atom stereocenters. The third-order valence-electron chi connectivity index (χ3n) is 5.07. The molecule has 2 aromatic heterocycles. The van der Waals surface area contributed by atoms with Crippen LogP contribution in [0.5, 0.6) is 0 Å². The molecule has 25 heavy (non-hydrogen) atoms. The first-order valence-electron chi connectivity index (χ1n) is 9.04. The zero-order valence-corrected chi connectivity index (χ0v) is 16.5. The van der Waals surface area contributed by atoms with E-state index < -0.39 is 0 Å². The predicted molar refractivity (Wildman–Crippen MR) is 99.8 cm³/mol. The minimum absolute atomic E-state index is 0. The van der Waals surface area contributed by atoms with E-state index in [9.17, 15) is 0 Å². The van der Waals surface area contributed by atoms with E-state index in [0.29, 0.717) is 17.6 Å². The van der Waals surface area contributed by atoms with Crippen LogP contribution in [-0.2, 0) is 24.9 Å². The first kappa shape index (κ1) is 19.9. The second-order valence-electron chi connectivity index (χ2n) is 7.60. The Labute approximate surface area is 156 Å². The van der Waals surface area contributed by atoms with Gasteiger partial charge in [-0.25, -0.2) is 0 Å². The van der Waals surface area contributed by atoms with Crippen molar-refractivity contribution in [1.29, 1.82) is 0 Å². The SMILES string of the molecule is Cc1nn(CC(C)C)c(C)c1CCc1nc(C2(N)CCCC2)no1.Cl. The lowest BCUT2D eigenvalue weighted by atomic mass is 9.99. The summed E-state index contributed by atoms with van der Waals surface area (Å²) in [6.07, 6.45) is 5.80. The Morgan fingerprint density at radius 1 is 1.20 bits per heavy atom. The van der Waals surface area contributed by atoms with Crippen LogP contribution in [0.2, 0.25) is 0 Å². The van der Waals surface area contributed by atoms with E-state index in [-0.39, 0.29) is 17.9 Å². The number of hydrogen-bond donors (Lipinski definition) is 1. The van der Waals surface area contributed by atoms with Crippen molar-refractivity contribution in [2.75, 3.05) is 0 Å². The van der Waals surface area contributed by atoms with E-state index >= 15 is 0 Å². The van der Waals surface area contributed by atoms with Gasteiger partial charge >= 0.3 is 0 Å². The van der Waals surface area contributed by atoms with E-state index in [1.54, 1.807) is 0 Å². The molecule has 1 aliphatic carbocycles. The van der Waals surface area contributed by atoms with Crippen LogP contribution in [0.25, 0.3) is 0 Å². The van der Waals surface area contributed by atoms with Crippen molar-refractivity contribution in [2.45, 2.75) is 78.3 Å². The summed E-state index contributed by atoms with van der Waals surface area (Å²) < 4.78 is 7.56. The number of hydrogen-bond acceptors (Lipinski definition) is 5. The Morgan fingerprint density at radius 2 is 1.88 bits per heavy atom. The van der Waals surface area contributed by atoms with Crippen molar-refractivity contribution in [1.82, 2.24) is 19.9 Å². The second-order valence-corrected chi connectivity index (χ2v) is 7.60. The van der Waals surface area contributed by atoms with E-state index in [4.69, 9.17) is 10.3 Å². The highest BCUT2D eigenvalue weighted by molar-refractivity contribution is 5.85. The van der Waals surface area contributed by atoms with Gasteiger partial charge in [-0.2, -0.15) is 10.1 Å². The van der Waals surface area contributed by atoms with E-state index in [0.717, 1.165) is 50.8 Å². The van der Waals surface area contributed by atoms with Crippen molar-refractivity contribution in [3.8, 4) is 0 Å². The molecule has 1 aliphatic rings. The number of aromatic nitrogens is 4. The fraction of sp³-hybridized carbons (Fsp3) is 0.722. The van der Waals surface area contributed by atoms with Gasteiger partial charge in [-0.3, -0.25) is 4.68 Å². The maximum atomic E-state index is 6.40. The highest BCUT2D eigenvalue weighted by Gasteiger charge is 2.35. The van der Waals surface area contributed by atoms with Crippen LogP contribution in [0.4, 0.5) is 0 Å². The molecule has 1 saturated carbocycles. The summed E-state index contributed by atoms with van der Waals surface area (Å²) in [5.74, 6) is 1.94. The lowest BCUT2D eigenvalue weighted by Crippen LogP contribution is -2.34. The summed E-state index contributed by atoms with van der Waals surface area (Å²) in [6, 6.07) is 0. The minimum Gasteiger partial charge on any atom is -0.339 e. The maximum absolute atomic E-state index is 6.40. The molecule has 0 amide bonds. The molecule has 1 fully saturated rings. The number of nitrogens with zero attached hydrogens (tertiary/aromatic N) is 4. The van der Waals surface area contributed by atoms with Crippen molar-refractivity contribution in [3.63, 3.8) is 0 Å². The van der Waals surface area contributed by atoms with Gasteiger partial charge in [-0.05, 0) is 44.6 Å².